The summed E-state index contributed by atoms with van der Waals surface area (Å²) in [5, 5.41) is 10.8. The van der Waals surface area contributed by atoms with E-state index in [-0.39, 0.29) is 17.0 Å². The van der Waals surface area contributed by atoms with E-state index in [4.69, 9.17) is 16.7 Å². The average molecular weight is 292 g/mol. The highest BCUT2D eigenvalue weighted by atomic mass is 35.5. The topological polar surface area (TPSA) is 66.4 Å². The molecule has 0 fully saturated rings. The Morgan fingerprint density at radius 3 is 2.37 bits per heavy atom. The van der Waals surface area contributed by atoms with Gasteiger partial charge in [-0.1, -0.05) is 11.6 Å². The summed E-state index contributed by atoms with van der Waals surface area (Å²) in [6, 6.07) is 1.36. The van der Waals surface area contributed by atoms with Gasteiger partial charge < -0.3 is 10.4 Å². The Kier molecular flexibility index (Phi) is 4.47. The van der Waals surface area contributed by atoms with Gasteiger partial charge in [0.25, 0.3) is 5.91 Å². The molecule has 1 amide bonds. The Labute approximate surface area is 113 Å². The van der Waals surface area contributed by atoms with Crippen LogP contribution >= 0.6 is 11.6 Å². The number of hydrogen-bond donors (Lipinski definition) is 2. The summed E-state index contributed by atoms with van der Waals surface area (Å²) in [6.45, 7) is 2.99. The normalized spacial score (nSPS) is 11.2. The fourth-order valence-corrected chi connectivity index (χ4v) is 1.73. The van der Waals surface area contributed by atoms with E-state index in [9.17, 15) is 18.4 Å². The van der Waals surface area contributed by atoms with Crippen LogP contribution in [0, 0.1) is 11.6 Å². The van der Waals surface area contributed by atoms with Gasteiger partial charge in [-0.25, -0.2) is 8.78 Å². The number of carboxylic acid groups (broad SMARTS) is 1. The third kappa shape index (κ3) is 4.17. The van der Waals surface area contributed by atoms with E-state index in [0.29, 0.717) is 12.1 Å². The summed E-state index contributed by atoms with van der Waals surface area (Å²) in [7, 11) is 0. The SMILES string of the molecule is CC(C)(CC(=O)O)NC(=O)c1cc(F)c(F)cc1Cl. The van der Waals surface area contributed by atoms with Gasteiger partial charge in [-0.2, -0.15) is 0 Å². The third-order valence-corrected chi connectivity index (χ3v) is 2.61. The highest BCUT2D eigenvalue weighted by molar-refractivity contribution is 6.33. The smallest absolute Gasteiger partial charge is 0.305 e. The average Bonchev–Trinajstić information content (AvgIpc) is 2.20. The number of halogens is 3. The number of rotatable bonds is 4. The summed E-state index contributed by atoms with van der Waals surface area (Å²) < 4.78 is 25.9. The molecule has 0 aliphatic rings. The van der Waals surface area contributed by atoms with Crippen LogP contribution in [0.15, 0.2) is 12.1 Å². The van der Waals surface area contributed by atoms with Crippen LogP contribution < -0.4 is 5.32 Å². The Bertz CT molecular complexity index is 532. The van der Waals surface area contributed by atoms with Crippen LogP contribution in [0.1, 0.15) is 30.6 Å². The zero-order valence-corrected chi connectivity index (χ0v) is 11.0. The number of benzene rings is 1. The van der Waals surface area contributed by atoms with Gasteiger partial charge in [-0.3, -0.25) is 9.59 Å². The predicted octanol–water partition coefficient (Wildman–Crippen LogP) is 2.60. The second kappa shape index (κ2) is 5.52. The molecular weight excluding hydrogens is 280 g/mol. The van der Waals surface area contributed by atoms with Gasteiger partial charge in [0.05, 0.1) is 17.0 Å². The summed E-state index contributed by atoms with van der Waals surface area (Å²) in [4.78, 5) is 22.5. The molecule has 1 aromatic carbocycles. The van der Waals surface area contributed by atoms with Gasteiger partial charge in [-0.05, 0) is 26.0 Å². The lowest BCUT2D eigenvalue weighted by molar-refractivity contribution is -0.138. The van der Waals surface area contributed by atoms with Crippen molar-refractivity contribution in [2.75, 3.05) is 0 Å². The highest BCUT2D eigenvalue weighted by Gasteiger charge is 2.26. The van der Waals surface area contributed by atoms with Crippen LogP contribution in [0.5, 0.6) is 0 Å². The molecule has 7 heteroatoms. The standard InChI is InChI=1S/C12H12ClF2NO3/c1-12(2,5-10(17)18)16-11(19)6-3-8(14)9(15)4-7(6)13/h3-4H,5H2,1-2H3,(H,16,19)(H,17,18). The molecule has 0 aromatic heterocycles. The minimum atomic E-state index is -1.20. The molecule has 4 nitrogen and oxygen atoms in total. The van der Waals surface area contributed by atoms with E-state index >= 15 is 0 Å². The molecule has 0 spiro atoms. The second-order valence-corrected chi connectivity index (χ2v) is 5.06. The first kappa shape index (κ1) is 15.4. The third-order valence-electron chi connectivity index (χ3n) is 2.30. The van der Waals surface area contributed by atoms with Crippen LogP contribution in [0.3, 0.4) is 0 Å². The fourth-order valence-electron chi connectivity index (χ4n) is 1.49. The largest absolute Gasteiger partial charge is 0.481 e. The fraction of sp³-hybridized carbons (Fsp3) is 0.333. The Hall–Kier alpha value is -1.69. The van der Waals surface area contributed by atoms with Crippen molar-refractivity contribution in [1.82, 2.24) is 5.32 Å². The number of nitrogens with one attached hydrogen (secondary N) is 1. The molecule has 1 aromatic rings. The lowest BCUT2D eigenvalue weighted by Gasteiger charge is -2.24. The van der Waals surface area contributed by atoms with Crippen molar-refractivity contribution in [2.45, 2.75) is 25.8 Å². The molecule has 0 atom stereocenters. The molecule has 104 valence electrons. The molecule has 0 heterocycles. The maximum atomic E-state index is 13.1. The molecular formula is C12H12ClF2NO3. The molecule has 1 rings (SSSR count). The summed E-state index contributed by atoms with van der Waals surface area (Å²) >= 11 is 5.65. The molecule has 0 saturated carbocycles. The van der Waals surface area contributed by atoms with Crippen molar-refractivity contribution < 1.29 is 23.5 Å². The van der Waals surface area contributed by atoms with E-state index in [1.165, 1.54) is 13.8 Å². The molecule has 0 aliphatic heterocycles. The first-order valence-electron chi connectivity index (χ1n) is 5.31. The van der Waals surface area contributed by atoms with E-state index in [0.717, 1.165) is 0 Å². The minimum absolute atomic E-state index is 0.248. The quantitative estimate of drug-likeness (QED) is 0.838. The number of carbonyl (C=O) groups is 2. The zero-order valence-electron chi connectivity index (χ0n) is 10.3. The Balaban J connectivity index is 2.96. The number of hydrogen-bond acceptors (Lipinski definition) is 2. The maximum absolute atomic E-state index is 13.1. The summed E-state index contributed by atoms with van der Waals surface area (Å²) in [6.07, 6.45) is -0.319. The van der Waals surface area contributed by atoms with Crippen molar-refractivity contribution in [1.29, 1.82) is 0 Å². The predicted molar refractivity (Wildman–Crippen MR) is 65.2 cm³/mol. The van der Waals surface area contributed by atoms with Crippen molar-refractivity contribution >= 4 is 23.5 Å². The van der Waals surface area contributed by atoms with Crippen molar-refractivity contribution in [3.8, 4) is 0 Å². The van der Waals surface area contributed by atoms with E-state index in [1.807, 2.05) is 0 Å². The zero-order chi connectivity index (χ0) is 14.8. The molecule has 0 radical (unpaired) electrons. The Morgan fingerprint density at radius 2 is 1.84 bits per heavy atom. The number of carboxylic acids is 1. The maximum Gasteiger partial charge on any atom is 0.305 e. The van der Waals surface area contributed by atoms with Crippen LogP contribution in [0.2, 0.25) is 5.02 Å². The minimum Gasteiger partial charge on any atom is -0.481 e. The van der Waals surface area contributed by atoms with Crippen LogP contribution in [0.25, 0.3) is 0 Å². The van der Waals surface area contributed by atoms with E-state index in [2.05, 4.69) is 5.32 Å². The Morgan fingerprint density at radius 1 is 1.32 bits per heavy atom. The monoisotopic (exact) mass is 291 g/mol. The van der Waals surface area contributed by atoms with E-state index < -0.39 is 29.0 Å². The molecule has 0 unspecified atom stereocenters. The van der Waals surface area contributed by atoms with Gasteiger partial charge >= 0.3 is 5.97 Å². The van der Waals surface area contributed by atoms with Crippen molar-refractivity contribution in [3.63, 3.8) is 0 Å². The number of amides is 1. The van der Waals surface area contributed by atoms with Crippen molar-refractivity contribution in [3.05, 3.63) is 34.4 Å². The van der Waals surface area contributed by atoms with Gasteiger partial charge in [0.2, 0.25) is 0 Å². The van der Waals surface area contributed by atoms with Crippen molar-refractivity contribution in [2.24, 2.45) is 0 Å². The van der Waals surface area contributed by atoms with Crippen LogP contribution in [-0.4, -0.2) is 22.5 Å². The lowest BCUT2D eigenvalue weighted by atomic mass is 10.00. The summed E-state index contributed by atoms with van der Waals surface area (Å²) in [5.41, 5.74) is -1.30. The number of carbonyl (C=O) groups excluding carboxylic acids is 1. The first-order valence-corrected chi connectivity index (χ1v) is 5.69. The molecule has 0 aliphatic carbocycles. The van der Waals surface area contributed by atoms with Crippen LogP contribution in [-0.2, 0) is 4.79 Å². The first-order chi connectivity index (χ1) is 8.62. The van der Waals surface area contributed by atoms with Gasteiger partial charge in [0.1, 0.15) is 0 Å². The van der Waals surface area contributed by atoms with Gasteiger partial charge in [0.15, 0.2) is 11.6 Å². The molecule has 0 saturated heterocycles. The molecule has 2 N–H and O–H groups in total. The summed E-state index contributed by atoms with van der Waals surface area (Å²) in [5.74, 6) is -4.23. The lowest BCUT2D eigenvalue weighted by Crippen LogP contribution is -2.45. The van der Waals surface area contributed by atoms with Gasteiger partial charge in [0, 0.05) is 5.54 Å². The second-order valence-electron chi connectivity index (χ2n) is 4.65. The highest BCUT2D eigenvalue weighted by Crippen LogP contribution is 2.21. The van der Waals surface area contributed by atoms with Crippen LogP contribution in [0.4, 0.5) is 8.78 Å². The number of aliphatic carboxylic acids is 1. The van der Waals surface area contributed by atoms with Gasteiger partial charge in [-0.15, -0.1) is 0 Å². The van der Waals surface area contributed by atoms with E-state index in [1.54, 1.807) is 0 Å². The molecule has 19 heavy (non-hydrogen) atoms. The molecule has 0 bridgehead atoms.